The van der Waals surface area contributed by atoms with Crippen LogP contribution in [-0.4, -0.2) is 31.4 Å². The van der Waals surface area contributed by atoms with Crippen LogP contribution in [0, 0.1) is 13.8 Å². The molecule has 2 amide bonds. The van der Waals surface area contributed by atoms with Crippen LogP contribution in [0.4, 0.5) is 11.4 Å². The number of aromatic amines is 1. The molecule has 0 radical (unpaired) electrons. The van der Waals surface area contributed by atoms with Crippen LogP contribution in [0.2, 0.25) is 0 Å². The molecule has 0 fully saturated rings. The number of aromatic nitrogens is 4. The Balaban J connectivity index is 1.13. The van der Waals surface area contributed by atoms with E-state index in [9.17, 15) is 14.4 Å². The maximum atomic E-state index is 13.0. The number of H-pyrrole nitrogens is 1. The average molecular weight is 533 g/mol. The van der Waals surface area contributed by atoms with Gasteiger partial charge < -0.3 is 15.6 Å². The van der Waals surface area contributed by atoms with Gasteiger partial charge in [0.1, 0.15) is 0 Å². The number of hydrogen-bond acceptors (Lipinski definition) is 5. The molecule has 9 nitrogen and oxygen atoms in total. The summed E-state index contributed by atoms with van der Waals surface area (Å²) in [5.41, 5.74) is 7.29. The molecule has 6 rings (SSSR count). The number of rotatable bonds is 6. The lowest BCUT2D eigenvalue weighted by Crippen LogP contribution is -2.21. The van der Waals surface area contributed by atoms with Crippen LogP contribution in [0.1, 0.15) is 45.0 Å². The summed E-state index contributed by atoms with van der Waals surface area (Å²) >= 11 is 0. The number of fused-ring (bicyclic) bond motifs is 2. The minimum atomic E-state index is -0.519. The Morgan fingerprint density at radius 3 is 2.30 bits per heavy atom. The molecule has 0 saturated heterocycles. The van der Waals surface area contributed by atoms with E-state index in [2.05, 4.69) is 37.8 Å². The van der Waals surface area contributed by atoms with Crippen LogP contribution in [0.3, 0.4) is 0 Å². The fourth-order valence-electron chi connectivity index (χ4n) is 5.10. The quantitative estimate of drug-likeness (QED) is 0.295. The second-order valence-electron chi connectivity index (χ2n) is 10.1. The van der Waals surface area contributed by atoms with E-state index in [-0.39, 0.29) is 29.5 Å². The summed E-state index contributed by atoms with van der Waals surface area (Å²) in [5.74, 6) is -0.478. The first-order valence-corrected chi connectivity index (χ1v) is 13.2. The van der Waals surface area contributed by atoms with Gasteiger partial charge in [-0.2, -0.15) is 9.50 Å². The predicted octanol–water partition coefficient (Wildman–Crippen LogP) is 4.62. The Labute approximate surface area is 230 Å². The van der Waals surface area contributed by atoms with Crippen molar-refractivity contribution in [1.82, 2.24) is 19.6 Å². The molecule has 2 heterocycles. The molecular weight excluding hydrogens is 504 g/mol. The number of carbonyl (C=O) groups excluding carboxylic acids is 2. The fraction of sp³-hybridized carbons (Fsp3) is 0.194. The third kappa shape index (κ3) is 4.89. The zero-order valence-electron chi connectivity index (χ0n) is 22.2. The zero-order valence-corrected chi connectivity index (χ0v) is 22.2. The molecule has 40 heavy (non-hydrogen) atoms. The van der Waals surface area contributed by atoms with Crippen molar-refractivity contribution in [3.8, 4) is 11.1 Å². The molecule has 3 aromatic carbocycles. The minimum absolute atomic E-state index is 0.0928. The van der Waals surface area contributed by atoms with E-state index in [1.807, 2.05) is 62.4 Å². The number of nitrogens with one attached hydrogen (secondary N) is 3. The van der Waals surface area contributed by atoms with Crippen molar-refractivity contribution in [3.05, 3.63) is 111 Å². The summed E-state index contributed by atoms with van der Waals surface area (Å²) in [6.45, 7) is 3.71. The highest BCUT2D eigenvalue weighted by molar-refractivity contribution is 6.02. The Morgan fingerprint density at radius 2 is 1.57 bits per heavy atom. The van der Waals surface area contributed by atoms with E-state index in [0.29, 0.717) is 23.4 Å². The van der Waals surface area contributed by atoms with E-state index in [4.69, 9.17) is 0 Å². The van der Waals surface area contributed by atoms with Crippen LogP contribution < -0.4 is 16.2 Å². The van der Waals surface area contributed by atoms with Crippen LogP contribution in [-0.2, 0) is 24.1 Å². The third-order valence-corrected chi connectivity index (χ3v) is 7.26. The van der Waals surface area contributed by atoms with E-state index in [1.54, 1.807) is 6.07 Å². The van der Waals surface area contributed by atoms with Crippen molar-refractivity contribution in [2.45, 2.75) is 39.5 Å². The van der Waals surface area contributed by atoms with Gasteiger partial charge in [-0.15, -0.1) is 5.10 Å². The summed E-state index contributed by atoms with van der Waals surface area (Å²) in [5, 5.41) is 9.97. The second kappa shape index (κ2) is 10.3. The lowest BCUT2D eigenvalue weighted by atomic mass is 10.0. The molecule has 5 aromatic rings. The highest BCUT2D eigenvalue weighted by atomic mass is 16.2. The summed E-state index contributed by atoms with van der Waals surface area (Å²) in [7, 11) is 0. The Hall–Kier alpha value is -5.05. The van der Waals surface area contributed by atoms with E-state index in [0.717, 1.165) is 50.9 Å². The van der Waals surface area contributed by atoms with Gasteiger partial charge in [-0.05, 0) is 73.1 Å². The van der Waals surface area contributed by atoms with Gasteiger partial charge in [0.2, 0.25) is 17.5 Å². The third-order valence-electron chi connectivity index (χ3n) is 7.26. The summed E-state index contributed by atoms with van der Waals surface area (Å²) in [4.78, 5) is 45.8. The number of nitrogens with zero attached hydrogens (tertiary/aromatic N) is 3. The Bertz CT molecular complexity index is 1820. The van der Waals surface area contributed by atoms with Crippen molar-refractivity contribution in [2.24, 2.45) is 0 Å². The van der Waals surface area contributed by atoms with Crippen LogP contribution in [0.5, 0.6) is 0 Å². The molecule has 9 heteroatoms. The van der Waals surface area contributed by atoms with E-state index < -0.39 is 5.91 Å². The molecule has 2 aromatic heterocycles. The molecule has 3 N–H and O–H groups in total. The van der Waals surface area contributed by atoms with Crippen molar-refractivity contribution in [3.63, 3.8) is 0 Å². The average Bonchev–Trinajstić information content (AvgIpc) is 3.60. The molecule has 1 aliphatic carbocycles. The lowest BCUT2D eigenvalue weighted by Gasteiger charge is -2.14. The van der Waals surface area contributed by atoms with Crippen molar-refractivity contribution >= 4 is 29.0 Å². The first-order chi connectivity index (χ1) is 19.4. The second-order valence-corrected chi connectivity index (χ2v) is 10.1. The standard InChI is InChI=1S/C31H28N6O3/c1-18-16-26(33-29(39)28-35-31-34-24-10-6-9-23(24)30(40)37(31)36-28)19(2)15-25(18)32-27(38)17-20-11-13-22(14-12-20)21-7-4-3-5-8-21/h3-5,7-8,11-16H,6,9-10,17H2,1-2H3,(H,32,38)(H,33,39)(H,34,35,36). The van der Waals surface area contributed by atoms with Gasteiger partial charge in [-0.3, -0.25) is 14.4 Å². The maximum absolute atomic E-state index is 13.0. The van der Waals surface area contributed by atoms with Crippen molar-refractivity contribution < 1.29 is 9.59 Å². The number of benzene rings is 3. The molecule has 0 bridgehead atoms. The number of amides is 2. The zero-order chi connectivity index (χ0) is 27.8. The molecule has 200 valence electrons. The molecule has 0 spiro atoms. The monoisotopic (exact) mass is 532 g/mol. The molecular formula is C31H28N6O3. The van der Waals surface area contributed by atoms with Gasteiger partial charge in [0.05, 0.1) is 6.42 Å². The highest BCUT2D eigenvalue weighted by Crippen LogP contribution is 2.26. The molecule has 0 aliphatic heterocycles. The van der Waals surface area contributed by atoms with Crippen LogP contribution >= 0.6 is 0 Å². The molecule has 0 atom stereocenters. The Morgan fingerprint density at radius 1 is 0.900 bits per heavy atom. The fourth-order valence-corrected chi connectivity index (χ4v) is 5.10. The molecule has 1 aliphatic rings. The van der Waals surface area contributed by atoms with Crippen molar-refractivity contribution in [1.29, 1.82) is 0 Å². The molecule has 0 unspecified atom stereocenters. The number of anilines is 2. The molecule has 0 saturated carbocycles. The number of hydrogen-bond donors (Lipinski definition) is 3. The van der Waals surface area contributed by atoms with Gasteiger partial charge in [0.25, 0.3) is 11.5 Å². The van der Waals surface area contributed by atoms with Gasteiger partial charge in [-0.25, -0.2) is 0 Å². The van der Waals surface area contributed by atoms with E-state index in [1.165, 1.54) is 0 Å². The topological polar surface area (TPSA) is 121 Å². The van der Waals surface area contributed by atoms with Crippen LogP contribution in [0.25, 0.3) is 16.9 Å². The first-order valence-electron chi connectivity index (χ1n) is 13.2. The van der Waals surface area contributed by atoms with Crippen molar-refractivity contribution in [2.75, 3.05) is 10.6 Å². The normalized spacial score (nSPS) is 12.3. The van der Waals surface area contributed by atoms with E-state index >= 15 is 0 Å². The summed E-state index contributed by atoms with van der Waals surface area (Å²) in [6.07, 6.45) is 2.65. The predicted molar refractivity (Wildman–Crippen MR) is 154 cm³/mol. The minimum Gasteiger partial charge on any atom is -0.327 e. The largest absolute Gasteiger partial charge is 0.327 e. The lowest BCUT2D eigenvalue weighted by molar-refractivity contribution is -0.115. The smallest absolute Gasteiger partial charge is 0.295 e. The highest BCUT2D eigenvalue weighted by Gasteiger charge is 2.22. The number of aryl methyl sites for hydroxylation is 3. The maximum Gasteiger partial charge on any atom is 0.295 e. The van der Waals surface area contributed by atoms with Gasteiger partial charge in [0.15, 0.2) is 0 Å². The summed E-state index contributed by atoms with van der Waals surface area (Å²) < 4.78 is 1.16. The van der Waals surface area contributed by atoms with Gasteiger partial charge in [0, 0.05) is 22.6 Å². The number of carbonyl (C=O) groups is 2. The Kier molecular flexibility index (Phi) is 6.47. The summed E-state index contributed by atoms with van der Waals surface area (Å²) in [6, 6.07) is 21.7. The van der Waals surface area contributed by atoms with Crippen LogP contribution in [0.15, 0.2) is 71.5 Å². The SMILES string of the molecule is Cc1cc(NC(=O)c2nc3[nH]c4c(c(=O)n3n2)CCC4)c(C)cc1NC(=O)Cc1ccc(-c2ccccc2)cc1. The van der Waals surface area contributed by atoms with Gasteiger partial charge >= 0.3 is 0 Å². The first kappa shape index (κ1) is 25.2. The van der Waals surface area contributed by atoms with Gasteiger partial charge in [-0.1, -0.05) is 54.6 Å².